The number of aliphatic hydroxyl groups excluding tert-OH is 1. The Labute approximate surface area is 69.0 Å². The molecule has 0 spiro atoms. The lowest BCUT2D eigenvalue weighted by molar-refractivity contribution is 0.177. The van der Waals surface area contributed by atoms with E-state index >= 15 is 0 Å². The third kappa shape index (κ3) is 2.80. The van der Waals surface area contributed by atoms with E-state index in [1.807, 2.05) is 0 Å². The van der Waals surface area contributed by atoms with Gasteiger partial charge in [0.25, 0.3) is 0 Å². The third-order valence-corrected chi connectivity index (χ3v) is 2.51. The van der Waals surface area contributed by atoms with E-state index in [0.29, 0.717) is 18.1 Å². The maximum atomic E-state index is 8.75. The molecule has 66 valence electrons. The molecule has 1 aliphatic rings. The van der Waals surface area contributed by atoms with Gasteiger partial charge in [0.05, 0.1) is 0 Å². The highest BCUT2D eigenvalue weighted by Gasteiger charge is 2.26. The molecule has 2 heteroatoms. The molecule has 1 heterocycles. The van der Waals surface area contributed by atoms with Crippen LogP contribution in [0.1, 0.15) is 33.1 Å². The van der Waals surface area contributed by atoms with Crippen molar-refractivity contribution in [2.24, 2.45) is 5.41 Å². The zero-order valence-electron chi connectivity index (χ0n) is 7.56. The van der Waals surface area contributed by atoms with Crippen LogP contribution in [0.25, 0.3) is 0 Å². The molecule has 0 radical (unpaired) electrons. The second-order valence-electron chi connectivity index (χ2n) is 4.28. The van der Waals surface area contributed by atoms with Gasteiger partial charge in [-0.15, -0.1) is 0 Å². The van der Waals surface area contributed by atoms with E-state index in [1.54, 1.807) is 0 Å². The number of hydrogen-bond acceptors (Lipinski definition) is 2. The molecule has 0 aromatic carbocycles. The van der Waals surface area contributed by atoms with Crippen LogP contribution in [0.2, 0.25) is 0 Å². The molecule has 0 aromatic heterocycles. The van der Waals surface area contributed by atoms with Gasteiger partial charge in [-0.2, -0.15) is 0 Å². The fraction of sp³-hybridized carbons (Fsp3) is 1.00. The molecule has 2 N–H and O–H groups in total. The first-order valence-electron chi connectivity index (χ1n) is 4.48. The molecule has 11 heavy (non-hydrogen) atoms. The Morgan fingerprint density at radius 1 is 1.55 bits per heavy atom. The van der Waals surface area contributed by atoms with Crippen LogP contribution in [0.4, 0.5) is 0 Å². The first kappa shape index (κ1) is 9.01. The van der Waals surface area contributed by atoms with Gasteiger partial charge in [0, 0.05) is 12.6 Å². The number of aliphatic hydroxyl groups is 1. The van der Waals surface area contributed by atoms with Gasteiger partial charge in [0.1, 0.15) is 0 Å². The van der Waals surface area contributed by atoms with Crippen molar-refractivity contribution in [1.82, 2.24) is 5.32 Å². The van der Waals surface area contributed by atoms with E-state index in [0.717, 1.165) is 13.0 Å². The van der Waals surface area contributed by atoms with Crippen LogP contribution in [0.15, 0.2) is 0 Å². The van der Waals surface area contributed by atoms with Gasteiger partial charge in [0.15, 0.2) is 0 Å². The summed E-state index contributed by atoms with van der Waals surface area (Å²) < 4.78 is 0. The predicted octanol–water partition coefficient (Wildman–Crippen LogP) is 1.15. The predicted molar refractivity (Wildman–Crippen MR) is 46.5 cm³/mol. The normalized spacial score (nSPS) is 30.3. The van der Waals surface area contributed by atoms with Crippen molar-refractivity contribution >= 4 is 0 Å². The maximum Gasteiger partial charge on any atom is 0.0445 e. The lowest BCUT2D eigenvalue weighted by Crippen LogP contribution is -2.41. The molecule has 1 fully saturated rings. The van der Waals surface area contributed by atoms with E-state index in [9.17, 15) is 0 Å². The minimum absolute atomic E-state index is 0.313. The topological polar surface area (TPSA) is 32.3 Å². The average Bonchev–Trinajstić information content (AvgIpc) is 1.85. The van der Waals surface area contributed by atoms with Crippen molar-refractivity contribution in [3.8, 4) is 0 Å². The number of nitrogens with one attached hydrogen (secondary N) is 1. The molecule has 0 bridgehead atoms. The smallest absolute Gasteiger partial charge is 0.0445 e. The Morgan fingerprint density at radius 2 is 2.27 bits per heavy atom. The quantitative estimate of drug-likeness (QED) is 0.630. The van der Waals surface area contributed by atoms with Gasteiger partial charge in [-0.25, -0.2) is 0 Å². The summed E-state index contributed by atoms with van der Waals surface area (Å²) in [6, 6.07) is 0.545. The number of piperidine rings is 1. The molecule has 1 atom stereocenters. The highest BCUT2D eigenvalue weighted by atomic mass is 16.3. The zero-order chi connectivity index (χ0) is 8.32. The van der Waals surface area contributed by atoms with Crippen molar-refractivity contribution in [3.63, 3.8) is 0 Å². The molecule has 0 saturated carbocycles. The van der Waals surface area contributed by atoms with Crippen LogP contribution in [0, 0.1) is 5.41 Å². The monoisotopic (exact) mass is 157 g/mol. The first-order chi connectivity index (χ1) is 5.14. The molecular formula is C9H19NO. The summed E-state index contributed by atoms with van der Waals surface area (Å²) in [7, 11) is 0. The summed E-state index contributed by atoms with van der Waals surface area (Å²) in [5.74, 6) is 0. The van der Waals surface area contributed by atoms with Crippen LogP contribution in [0.3, 0.4) is 0 Å². The van der Waals surface area contributed by atoms with E-state index in [4.69, 9.17) is 5.11 Å². The molecule has 1 aliphatic heterocycles. The Kier molecular flexibility index (Phi) is 2.90. The molecule has 0 amide bonds. The van der Waals surface area contributed by atoms with Crippen LogP contribution >= 0.6 is 0 Å². The largest absolute Gasteiger partial charge is 0.396 e. The lowest BCUT2D eigenvalue weighted by Gasteiger charge is -2.35. The lowest BCUT2D eigenvalue weighted by atomic mass is 9.79. The second-order valence-corrected chi connectivity index (χ2v) is 4.28. The van der Waals surface area contributed by atoms with Crippen molar-refractivity contribution in [1.29, 1.82) is 0 Å². The summed E-state index contributed by atoms with van der Waals surface area (Å²) in [6.07, 6.45) is 3.37. The fourth-order valence-electron chi connectivity index (χ4n) is 1.82. The van der Waals surface area contributed by atoms with Crippen molar-refractivity contribution in [2.75, 3.05) is 13.2 Å². The molecule has 0 aromatic rings. The van der Waals surface area contributed by atoms with Gasteiger partial charge in [-0.05, 0) is 31.2 Å². The third-order valence-electron chi connectivity index (χ3n) is 2.51. The van der Waals surface area contributed by atoms with Gasteiger partial charge in [-0.1, -0.05) is 13.8 Å². The molecule has 1 unspecified atom stereocenters. The minimum atomic E-state index is 0.313. The second kappa shape index (κ2) is 3.55. The Morgan fingerprint density at radius 3 is 2.82 bits per heavy atom. The summed E-state index contributed by atoms with van der Waals surface area (Å²) in [5, 5.41) is 12.2. The molecule has 2 nitrogen and oxygen atoms in total. The summed E-state index contributed by atoms with van der Waals surface area (Å²) in [6.45, 7) is 6.03. The van der Waals surface area contributed by atoms with Gasteiger partial charge in [0.2, 0.25) is 0 Å². The maximum absolute atomic E-state index is 8.75. The van der Waals surface area contributed by atoms with Gasteiger partial charge in [-0.3, -0.25) is 0 Å². The van der Waals surface area contributed by atoms with Crippen LogP contribution < -0.4 is 5.32 Å². The fourth-order valence-corrected chi connectivity index (χ4v) is 1.82. The van der Waals surface area contributed by atoms with E-state index in [2.05, 4.69) is 19.2 Å². The summed E-state index contributed by atoms with van der Waals surface area (Å²) in [4.78, 5) is 0. The van der Waals surface area contributed by atoms with E-state index in [1.165, 1.54) is 12.8 Å². The highest BCUT2D eigenvalue weighted by Crippen LogP contribution is 2.30. The molecule has 1 saturated heterocycles. The molecule has 0 aliphatic carbocycles. The van der Waals surface area contributed by atoms with Crippen LogP contribution in [0.5, 0.6) is 0 Å². The number of hydrogen-bond donors (Lipinski definition) is 2. The van der Waals surface area contributed by atoms with Crippen LogP contribution in [-0.4, -0.2) is 24.3 Å². The van der Waals surface area contributed by atoms with Gasteiger partial charge < -0.3 is 10.4 Å². The highest BCUT2D eigenvalue weighted by molar-refractivity contribution is 4.83. The van der Waals surface area contributed by atoms with Gasteiger partial charge >= 0.3 is 0 Å². The van der Waals surface area contributed by atoms with Crippen molar-refractivity contribution in [2.45, 2.75) is 39.2 Å². The van der Waals surface area contributed by atoms with Crippen molar-refractivity contribution in [3.05, 3.63) is 0 Å². The standard InChI is InChI=1S/C9H19NO/c1-9(2)4-5-10-8(7-9)3-6-11/h8,10-11H,3-7H2,1-2H3. The molecule has 1 rings (SSSR count). The van der Waals surface area contributed by atoms with Crippen LogP contribution in [-0.2, 0) is 0 Å². The number of rotatable bonds is 2. The molecular weight excluding hydrogens is 138 g/mol. The first-order valence-corrected chi connectivity index (χ1v) is 4.48. The Bertz CT molecular complexity index is 121. The van der Waals surface area contributed by atoms with Crippen molar-refractivity contribution < 1.29 is 5.11 Å². The van der Waals surface area contributed by atoms with E-state index < -0.39 is 0 Å². The average molecular weight is 157 g/mol. The Balaban J connectivity index is 2.34. The minimum Gasteiger partial charge on any atom is -0.396 e. The summed E-state index contributed by atoms with van der Waals surface area (Å²) in [5.41, 5.74) is 0.477. The van der Waals surface area contributed by atoms with E-state index in [-0.39, 0.29) is 0 Å². The zero-order valence-corrected chi connectivity index (χ0v) is 7.56. The Hall–Kier alpha value is -0.0800. The summed E-state index contributed by atoms with van der Waals surface area (Å²) >= 11 is 0. The SMILES string of the molecule is CC1(C)CCNC(CCO)C1.